The first-order chi connectivity index (χ1) is 37.5. The van der Waals surface area contributed by atoms with Crippen molar-refractivity contribution in [1.29, 1.82) is 0 Å². The van der Waals surface area contributed by atoms with E-state index in [1.165, 1.54) is 92.2 Å². The van der Waals surface area contributed by atoms with Crippen molar-refractivity contribution in [1.82, 2.24) is 9.55 Å². The molecule has 0 unspecified atom stereocenters. The Morgan fingerprint density at radius 3 is 1.86 bits per heavy atom. The minimum absolute atomic E-state index is 0.0152. The first kappa shape index (κ1) is 49.1. The summed E-state index contributed by atoms with van der Waals surface area (Å²) in [5.41, 5.74) is 17.4. The maximum atomic E-state index is 7.19. The second-order valence-electron chi connectivity index (χ2n) is 24.1. The fourth-order valence-corrected chi connectivity index (χ4v) is 12.7. The first-order valence-electron chi connectivity index (χ1n) is 27.3. The minimum Gasteiger partial charge on any atom is -0.457 e. The number of thiophene rings is 1. The standard InChI is InChI=1S/C72H64N4OS/c1-70(2,3)51-26-18-25-50(39-51)59-29-19-28-58(49-24-17-23-48(38-49)46-20-11-10-12-21-46)67(59)75-45-74(61-30-15-16-31-62(61)75)54-40-53(72(7,8)9)41-56(43-54)77-55-33-34-60-63(44-55)76(65-42-52(36-37-73-65)71(4,5)6)68-66-57-27-14-13-22-47(57)32-35-64(66)78-69(60)68/h10-44H,45H2,1-9H3. The van der Waals surface area contributed by atoms with E-state index in [1.807, 2.05) is 17.5 Å². The third-order valence-corrected chi connectivity index (χ3v) is 16.9. The number of aromatic nitrogens is 2. The minimum atomic E-state index is -0.175. The van der Waals surface area contributed by atoms with Gasteiger partial charge in [-0.15, -0.1) is 11.3 Å². The zero-order valence-corrected chi connectivity index (χ0v) is 46.8. The van der Waals surface area contributed by atoms with E-state index < -0.39 is 0 Å². The van der Waals surface area contributed by atoms with Crippen molar-refractivity contribution in [3.63, 3.8) is 0 Å². The topological polar surface area (TPSA) is 33.5 Å². The molecule has 0 aliphatic carbocycles. The molecule has 0 saturated heterocycles. The molecule has 0 radical (unpaired) electrons. The van der Waals surface area contributed by atoms with Crippen molar-refractivity contribution >= 4 is 76.1 Å². The summed E-state index contributed by atoms with van der Waals surface area (Å²) in [5, 5.41) is 4.91. The predicted molar refractivity (Wildman–Crippen MR) is 332 cm³/mol. The molecule has 5 nitrogen and oxygen atoms in total. The van der Waals surface area contributed by atoms with E-state index in [0.29, 0.717) is 6.67 Å². The molecule has 6 heteroatoms. The number of benzene rings is 9. The lowest BCUT2D eigenvalue weighted by Gasteiger charge is -2.29. The lowest BCUT2D eigenvalue weighted by atomic mass is 9.85. The summed E-state index contributed by atoms with van der Waals surface area (Å²) in [6.45, 7) is 21.1. The van der Waals surface area contributed by atoms with Crippen molar-refractivity contribution in [3.8, 4) is 50.7 Å². The fourth-order valence-electron chi connectivity index (χ4n) is 11.5. The normalized spacial score (nSPS) is 13.1. The molecular formula is C72H64N4OS. The van der Waals surface area contributed by atoms with Gasteiger partial charge in [0.25, 0.3) is 0 Å². The highest BCUT2D eigenvalue weighted by atomic mass is 32.1. The molecule has 0 atom stereocenters. The Bertz CT molecular complexity index is 4290. The summed E-state index contributed by atoms with van der Waals surface area (Å²) < 4.78 is 12.1. The van der Waals surface area contributed by atoms with Crippen LogP contribution in [0.3, 0.4) is 0 Å². The van der Waals surface area contributed by atoms with Crippen molar-refractivity contribution in [2.45, 2.75) is 78.6 Å². The molecule has 13 rings (SSSR count). The van der Waals surface area contributed by atoms with Crippen LogP contribution < -0.4 is 14.5 Å². The number of ether oxygens (including phenoxy) is 1. The van der Waals surface area contributed by atoms with Crippen LogP contribution in [0.1, 0.15) is 79.0 Å². The van der Waals surface area contributed by atoms with Crippen LogP contribution in [0.25, 0.3) is 81.2 Å². The Morgan fingerprint density at radius 1 is 0.462 bits per heavy atom. The number of rotatable bonds is 8. The molecule has 12 aromatic rings. The number of anilines is 4. The Labute approximate surface area is 462 Å². The maximum absolute atomic E-state index is 7.19. The maximum Gasteiger partial charge on any atom is 0.137 e. The van der Waals surface area contributed by atoms with E-state index >= 15 is 0 Å². The van der Waals surface area contributed by atoms with Crippen molar-refractivity contribution < 1.29 is 4.74 Å². The van der Waals surface area contributed by atoms with E-state index in [2.05, 4.69) is 283 Å². The monoisotopic (exact) mass is 1030 g/mol. The van der Waals surface area contributed by atoms with Crippen LogP contribution in [-0.2, 0) is 16.2 Å². The Morgan fingerprint density at radius 2 is 1.10 bits per heavy atom. The van der Waals surface area contributed by atoms with E-state index in [0.717, 1.165) is 39.9 Å². The molecule has 1 aliphatic heterocycles. The van der Waals surface area contributed by atoms with Crippen LogP contribution in [0.4, 0.5) is 22.7 Å². The number of nitrogens with zero attached hydrogens (tertiary/aromatic N) is 4. The Hall–Kier alpha value is -8.45. The van der Waals surface area contributed by atoms with Gasteiger partial charge < -0.3 is 14.5 Å². The van der Waals surface area contributed by atoms with Gasteiger partial charge in [-0.25, -0.2) is 4.98 Å². The number of fused-ring (bicyclic) bond motifs is 8. The van der Waals surface area contributed by atoms with Gasteiger partial charge in [-0.1, -0.05) is 196 Å². The van der Waals surface area contributed by atoms with Crippen LogP contribution in [0, 0.1) is 0 Å². The number of para-hydroxylation sites is 3. The zero-order chi connectivity index (χ0) is 53.7. The van der Waals surface area contributed by atoms with Crippen molar-refractivity contribution in [3.05, 3.63) is 229 Å². The summed E-state index contributed by atoms with van der Waals surface area (Å²) in [7, 11) is 0. The SMILES string of the molecule is CC(C)(C)c1cccc(-c2cccc(-c3cccc(-c4ccccc4)c3)c2N2CN(c3cc(Oc4ccc5c6sc7ccc8ccccc8c7c6n(-c6cc(C(C)(C)C)ccn6)c5c4)cc(C(C)(C)C)c3)c3ccccc32)c1. The van der Waals surface area contributed by atoms with Crippen LogP contribution in [0.15, 0.2) is 212 Å². The van der Waals surface area contributed by atoms with E-state index in [-0.39, 0.29) is 16.2 Å². The molecule has 384 valence electrons. The fraction of sp³-hybridized carbons (Fsp3) is 0.181. The van der Waals surface area contributed by atoms with Gasteiger partial charge >= 0.3 is 0 Å². The molecule has 3 aromatic heterocycles. The number of pyridine rings is 1. The van der Waals surface area contributed by atoms with Gasteiger partial charge in [-0.3, -0.25) is 4.57 Å². The summed E-state index contributed by atoms with van der Waals surface area (Å²) in [6, 6.07) is 75.7. The molecular weight excluding hydrogens is 969 g/mol. The van der Waals surface area contributed by atoms with E-state index in [4.69, 9.17) is 9.72 Å². The highest BCUT2D eigenvalue weighted by Crippen LogP contribution is 2.52. The van der Waals surface area contributed by atoms with Crippen LogP contribution in [0.5, 0.6) is 11.5 Å². The molecule has 0 N–H and O–H groups in total. The zero-order valence-electron chi connectivity index (χ0n) is 46.0. The molecule has 0 spiro atoms. The Kier molecular flexibility index (Phi) is 11.7. The molecule has 78 heavy (non-hydrogen) atoms. The summed E-state index contributed by atoms with van der Waals surface area (Å²) in [4.78, 5) is 10.1. The number of hydrogen-bond acceptors (Lipinski definition) is 5. The summed E-state index contributed by atoms with van der Waals surface area (Å²) >= 11 is 1.86. The molecule has 0 fully saturated rings. The van der Waals surface area contributed by atoms with Gasteiger partial charge in [-0.05, 0) is 127 Å². The Balaban J connectivity index is 0.951. The molecule has 1 aliphatic rings. The van der Waals surface area contributed by atoms with Crippen molar-refractivity contribution in [2.24, 2.45) is 0 Å². The summed E-state index contributed by atoms with van der Waals surface area (Å²) in [5.74, 6) is 2.45. The van der Waals surface area contributed by atoms with Gasteiger partial charge in [0.15, 0.2) is 0 Å². The second-order valence-corrected chi connectivity index (χ2v) is 25.2. The van der Waals surface area contributed by atoms with E-state index in [1.54, 1.807) is 0 Å². The summed E-state index contributed by atoms with van der Waals surface area (Å²) in [6.07, 6.45) is 1.96. The van der Waals surface area contributed by atoms with Gasteiger partial charge in [0, 0.05) is 50.6 Å². The molecule has 0 saturated carbocycles. The smallest absolute Gasteiger partial charge is 0.137 e. The first-order valence-corrected chi connectivity index (χ1v) is 28.1. The van der Waals surface area contributed by atoms with Crippen molar-refractivity contribution in [2.75, 3.05) is 16.5 Å². The molecule has 0 bridgehead atoms. The third-order valence-electron chi connectivity index (χ3n) is 15.8. The number of hydrogen-bond donors (Lipinski definition) is 0. The van der Waals surface area contributed by atoms with Crippen LogP contribution in [0.2, 0.25) is 0 Å². The van der Waals surface area contributed by atoms with E-state index in [9.17, 15) is 0 Å². The van der Waals surface area contributed by atoms with Crippen LogP contribution in [-0.4, -0.2) is 16.2 Å². The van der Waals surface area contributed by atoms with Gasteiger partial charge in [0.05, 0.1) is 32.8 Å². The largest absolute Gasteiger partial charge is 0.457 e. The lowest BCUT2D eigenvalue weighted by molar-refractivity contribution is 0.479. The highest BCUT2D eigenvalue weighted by molar-refractivity contribution is 7.27. The second kappa shape index (κ2) is 18.6. The lowest BCUT2D eigenvalue weighted by Crippen LogP contribution is -2.25. The highest BCUT2D eigenvalue weighted by Gasteiger charge is 2.33. The van der Waals surface area contributed by atoms with Gasteiger partial charge in [0.1, 0.15) is 24.0 Å². The average Bonchev–Trinajstić information content (AvgIpc) is 4.28. The average molecular weight is 1030 g/mol. The predicted octanol–water partition coefficient (Wildman–Crippen LogP) is 20.5. The third kappa shape index (κ3) is 8.69. The molecule has 0 amide bonds. The van der Waals surface area contributed by atoms with Gasteiger partial charge in [0.2, 0.25) is 0 Å². The quantitative estimate of drug-likeness (QED) is 0.152. The molecule has 9 aromatic carbocycles. The molecule has 4 heterocycles. The van der Waals surface area contributed by atoms with Gasteiger partial charge in [-0.2, -0.15) is 0 Å². The van der Waals surface area contributed by atoms with Crippen LogP contribution >= 0.6 is 11.3 Å².